The number of benzene rings is 1. The molecule has 2 heterocycles. The molecular weight excluding hydrogens is 306 g/mol. The summed E-state index contributed by atoms with van der Waals surface area (Å²) in [5.74, 6) is 0.774. The topological polar surface area (TPSA) is 67.6 Å². The van der Waals surface area contributed by atoms with Crippen molar-refractivity contribution < 1.29 is 14.6 Å². The smallest absolute Gasteiger partial charge is 0.224 e. The molecule has 0 aliphatic carbocycles. The van der Waals surface area contributed by atoms with E-state index in [0.29, 0.717) is 38.2 Å². The first-order valence-electron chi connectivity index (χ1n) is 8.22. The lowest BCUT2D eigenvalue weighted by atomic mass is 9.90. The van der Waals surface area contributed by atoms with Gasteiger partial charge in [0, 0.05) is 31.9 Å². The van der Waals surface area contributed by atoms with Gasteiger partial charge in [-0.1, -0.05) is 18.2 Å². The summed E-state index contributed by atoms with van der Waals surface area (Å²) in [7, 11) is 0. The molecule has 128 valence electrons. The van der Waals surface area contributed by atoms with E-state index in [9.17, 15) is 9.90 Å². The van der Waals surface area contributed by atoms with Crippen molar-refractivity contribution in [3.63, 3.8) is 0 Å². The maximum atomic E-state index is 12.5. The van der Waals surface area contributed by atoms with Gasteiger partial charge in [-0.05, 0) is 25.5 Å². The van der Waals surface area contributed by atoms with Crippen LogP contribution in [0.4, 0.5) is 0 Å². The number of hydrogen-bond donors (Lipinski definition) is 1. The number of aliphatic hydroxyl groups is 1. The van der Waals surface area contributed by atoms with Gasteiger partial charge in [0.1, 0.15) is 17.5 Å². The summed E-state index contributed by atoms with van der Waals surface area (Å²) in [6.07, 6.45) is 5.72. The van der Waals surface area contributed by atoms with Crippen LogP contribution in [0.5, 0.6) is 5.75 Å². The van der Waals surface area contributed by atoms with Gasteiger partial charge in [-0.2, -0.15) is 0 Å². The van der Waals surface area contributed by atoms with Crippen LogP contribution < -0.4 is 4.74 Å². The summed E-state index contributed by atoms with van der Waals surface area (Å²) in [6.45, 7) is 3.32. The highest BCUT2D eigenvalue weighted by molar-refractivity contribution is 5.76. The van der Waals surface area contributed by atoms with Crippen LogP contribution in [-0.2, 0) is 11.3 Å². The minimum atomic E-state index is -0.947. The van der Waals surface area contributed by atoms with Gasteiger partial charge < -0.3 is 19.3 Å². The number of amides is 1. The quantitative estimate of drug-likeness (QED) is 0.907. The minimum Gasteiger partial charge on any atom is -0.486 e. The van der Waals surface area contributed by atoms with Gasteiger partial charge in [0.2, 0.25) is 5.91 Å². The molecule has 1 N–H and O–H groups in total. The first-order chi connectivity index (χ1) is 11.5. The van der Waals surface area contributed by atoms with Crippen molar-refractivity contribution in [3.05, 3.63) is 49.1 Å². The largest absolute Gasteiger partial charge is 0.486 e. The molecule has 1 saturated heterocycles. The molecule has 1 aromatic heterocycles. The Balaban J connectivity index is 1.60. The normalized spacial score (nSPS) is 23.9. The predicted molar refractivity (Wildman–Crippen MR) is 89.5 cm³/mol. The molecule has 1 aromatic carbocycles. The van der Waals surface area contributed by atoms with Gasteiger partial charge in [0.25, 0.3) is 0 Å². The summed E-state index contributed by atoms with van der Waals surface area (Å²) in [5, 5.41) is 10.6. The zero-order chi connectivity index (χ0) is 17.0. The van der Waals surface area contributed by atoms with Crippen LogP contribution in [0.25, 0.3) is 0 Å². The van der Waals surface area contributed by atoms with E-state index in [1.807, 2.05) is 41.1 Å². The van der Waals surface area contributed by atoms with Crippen molar-refractivity contribution >= 4 is 5.91 Å². The molecule has 2 aromatic rings. The van der Waals surface area contributed by atoms with Crippen molar-refractivity contribution in [1.29, 1.82) is 0 Å². The second-order valence-corrected chi connectivity index (χ2v) is 6.42. The Morgan fingerprint density at radius 3 is 2.92 bits per heavy atom. The number of hydrogen-bond acceptors (Lipinski definition) is 4. The van der Waals surface area contributed by atoms with Crippen molar-refractivity contribution in [3.8, 4) is 5.75 Å². The SMILES string of the molecule is C[C@@]1(O)CCN(C(=O)CCn2ccnc2)C[C@H]1Oc1ccccc1. The van der Waals surface area contributed by atoms with Gasteiger partial charge in [-0.25, -0.2) is 4.98 Å². The van der Waals surface area contributed by atoms with Crippen molar-refractivity contribution in [2.24, 2.45) is 0 Å². The fourth-order valence-electron chi connectivity index (χ4n) is 2.87. The molecule has 6 nitrogen and oxygen atoms in total. The van der Waals surface area contributed by atoms with E-state index in [0.717, 1.165) is 0 Å². The number of aryl methyl sites for hydroxylation is 1. The highest BCUT2D eigenvalue weighted by atomic mass is 16.5. The van der Waals surface area contributed by atoms with E-state index in [-0.39, 0.29) is 5.91 Å². The molecule has 0 bridgehead atoms. The molecule has 24 heavy (non-hydrogen) atoms. The van der Waals surface area contributed by atoms with E-state index in [4.69, 9.17) is 4.74 Å². The third kappa shape index (κ3) is 3.94. The van der Waals surface area contributed by atoms with Gasteiger partial charge >= 0.3 is 0 Å². The van der Waals surface area contributed by atoms with Crippen LogP contribution >= 0.6 is 0 Å². The lowest BCUT2D eigenvalue weighted by Gasteiger charge is -2.42. The molecule has 3 rings (SSSR count). The first kappa shape index (κ1) is 16.5. The molecule has 1 amide bonds. The molecule has 2 atom stereocenters. The molecule has 1 aliphatic heterocycles. The third-order valence-electron chi connectivity index (χ3n) is 4.49. The number of carbonyl (C=O) groups excluding carboxylic acids is 1. The predicted octanol–water partition coefficient (Wildman–Crippen LogP) is 1.70. The monoisotopic (exact) mass is 329 g/mol. The molecule has 0 radical (unpaired) electrons. The number of nitrogens with zero attached hydrogens (tertiary/aromatic N) is 3. The average molecular weight is 329 g/mol. The number of para-hydroxylation sites is 1. The molecule has 1 fully saturated rings. The van der Waals surface area contributed by atoms with Gasteiger partial charge in [0.15, 0.2) is 0 Å². The molecule has 1 aliphatic rings. The van der Waals surface area contributed by atoms with Crippen LogP contribution in [0.2, 0.25) is 0 Å². The van der Waals surface area contributed by atoms with E-state index < -0.39 is 11.7 Å². The van der Waals surface area contributed by atoms with Crippen molar-refractivity contribution in [2.45, 2.75) is 38.0 Å². The van der Waals surface area contributed by atoms with Crippen LogP contribution in [0.15, 0.2) is 49.1 Å². The summed E-state index contributed by atoms with van der Waals surface area (Å²) in [6, 6.07) is 9.41. The number of carbonyl (C=O) groups is 1. The number of rotatable bonds is 5. The lowest BCUT2D eigenvalue weighted by Crippen LogP contribution is -2.57. The second kappa shape index (κ2) is 7.05. The fourth-order valence-corrected chi connectivity index (χ4v) is 2.87. The Hall–Kier alpha value is -2.34. The Kier molecular flexibility index (Phi) is 4.85. The Morgan fingerprint density at radius 2 is 2.21 bits per heavy atom. The number of imidazole rings is 1. The summed E-state index contributed by atoms with van der Waals surface area (Å²) >= 11 is 0. The maximum Gasteiger partial charge on any atom is 0.224 e. The van der Waals surface area contributed by atoms with Gasteiger partial charge in [0.05, 0.1) is 12.9 Å². The molecule has 0 unspecified atom stereocenters. The van der Waals surface area contributed by atoms with Crippen LogP contribution in [-0.4, -0.2) is 50.3 Å². The van der Waals surface area contributed by atoms with E-state index in [1.54, 1.807) is 24.3 Å². The highest BCUT2D eigenvalue weighted by Gasteiger charge is 2.40. The van der Waals surface area contributed by atoms with Crippen LogP contribution in [0, 0.1) is 0 Å². The first-order valence-corrected chi connectivity index (χ1v) is 8.22. The lowest BCUT2D eigenvalue weighted by molar-refractivity contribution is -0.143. The number of likely N-dealkylation sites (tertiary alicyclic amines) is 1. The highest BCUT2D eigenvalue weighted by Crippen LogP contribution is 2.27. The Bertz CT molecular complexity index is 655. The van der Waals surface area contributed by atoms with Crippen LogP contribution in [0.1, 0.15) is 19.8 Å². The average Bonchev–Trinajstić information content (AvgIpc) is 3.09. The standard InChI is InChI=1S/C18H23N3O3/c1-18(23)8-11-21(17(22)7-10-20-12-9-19-14-20)13-16(18)24-15-5-3-2-4-6-15/h2-6,9,12,14,16,23H,7-8,10-11,13H2,1H3/t16-,18-/m1/s1. The number of piperidine rings is 1. The third-order valence-corrected chi connectivity index (χ3v) is 4.49. The van der Waals surface area contributed by atoms with Crippen molar-refractivity contribution in [2.75, 3.05) is 13.1 Å². The number of ether oxygens (including phenoxy) is 1. The fraction of sp³-hybridized carbons (Fsp3) is 0.444. The Labute approximate surface area is 141 Å². The molecule has 0 saturated carbocycles. The number of aromatic nitrogens is 2. The zero-order valence-electron chi connectivity index (χ0n) is 13.8. The van der Waals surface area contributed by atoms with E-state index >= 15 is 0 Å². The van der Waals surface area contributed by atoms with E-state index in [2.05, 4.69) is 4.98 Å². The molecule has 6 heteroatoms. The van der Waals surface area contributed by atoms with Gasteiger partial charge in [-0.3, -0.25) is 4.79 Å². The summed E-state index contributed by atoms with van der Waals surface area (Å²) < 4.78 is 7.83. The summed E-state index contributed by atoms with van der Waals surface area (Å²) in [4.78, 5) is 18.2. The van der Waals surface area contributed by atoms with Crippen LogP contribution in [0.3, 0.4) is 0 Å². The molecule has 0 spiro atoms. The second-order valence-electron chi connectivity index (χ2n) is 6.42. The van der Waals surface area contributed by atoms with Gasteiger partial charge in [-0.15, -0.1) is 0 Å². The molecular formula is C18H23N3O3. The Morgan fingerprint density at radius 1 is 1.42 bits per heavy atom. The minimum absolute atomic E-state index is 0.0702. The zero-order valence-corrected chi connectivity index (χ0v) is 13.8. The van der Waals surface area contributed by atoms with E-state index in [1.165, 1.54) is 0 Å². The maximum absolute atomic E-state index is 12.5. The summed E-state index contributed by atoms with van der Waals surface area (Å²) in [5.41, 5.74) is -0.947. The van der Waals surface area contributed by atoms with Crippen molar-refractivity contribution in [1.82, 2.24) is 14.5 Å².